The lowest BCUT2D eigenvalue weighted by Gasteiger charge is -2.19. The molecule has 0 bridgehead atoms. The SMILES string of the molecule is O=C(NCCC(O)c1ccccc1)c1cccnc1N1CCCC1. The molecule has 5 heteroatoms. The van der Waals surface area contributed by atoms with E-state index in [1.165, 1.54) is 0 Å². The number of aliphatic hydroxyl groups excluding tert-OH is 1. The van der Waals surface area contributed by atoms with Crippen LogP contribution in [-0.4, -0.2) is 35.6 Å². The van der Waals surface area contributed by atoms with E-state index in [0.29, 0.717) is 18.5 Å². The quantitative estimate of drug-likeness (QED) is 0.856. The highest BCUT2D eigenvalue weighted by molar-refractivity contribution is 5.98. The van der Waals surface area contributed by atoms with Crippen LogP contribution in [-0.2, 0) is 0 Å². The van der Waals surface area contributed by atoms with Crippen molar-refractivity contribution in [3.8, 4) is 0 Å². The number of pyridine rings is 1. The normalized spacial score (nSPS) is 15.3. The summed E-state index contributed by atoms with van der Waals surface area (Å²) >= 11 is 0. The van der Waals surface area contributed by atoms with Crippen LogP contribution in [0.25, 0.3) is 0 Å². The van der Waals surface area contributed by atoms with E-state index in [2.05, 4.69) is 15.2 Å². The molecule has 0 aliphatic carbocycles. The van der Waals surface area contributed by atoms with Gasteiger partial charge in [-0.05, 0) is 37.0 Å². The number of carbonyl (C=O) groups is 1. The molecule has 2 aromatic rings. The molecular weight excluding hydrogens is 302 g/mol. The average molecular weight is 325 g/mol. The van der Waals surface area contributed by atoms with Crippen molar-refractivity contribution in [2.45, 2.75) is 25.4 Å². The van der Waals surface area contributed by atoms with Crippen molar-refractivity contribution in [1.82, 2.24) is 10.3 Å². The Morgan fingerprint density at radius 2 is 1.92 bits per heavy atom. The van der Waals surface area contributed by atoms with Gasteiger partial charge in [0, 0.05) is 25.8 Å². The first-order chi connectivity index (χ1) is 11.8. The second-order valence-electron chi connectivity index (χ2n) is 6.04. The standard InChI is InChI=1S/C19H23N3O2/c23-17(15-7-2-1-3-8-15)10-12-21-19(24)16-9-6-11-20-18(16)22-13-4-5-14-22/h1-3,6-9,11,17,23H,4-5,10,12-14H2,(H,21,24). The van der Waals surface area contributed by atoms with Crippen molar-refractivity contribution in [2.24, 2.45) is 0 Å². The van der Waals surface area contributed by atoms with E-state index in [0.717, 1.165) is 37.3 Å². The van der Waals surface area contributed by atoms with E-state index in [4.69, 9.17) is 0 Å². The number of amides is 1. The fraction of sp³-hybridized carbons (Fsp3) is 0.368. The average Bonchev–Trinajstić information content (AvgIpc) is 3.17. The number of aliphatic hydroxyl groups is 1. The highest BCUT2D eigenvalue weighted by Gasteiger charge is 2.20. The van der Waals surface area contributed by atoms with Gasteiger partial charge < -0.3 is 15.3 Å². The zero-order chi connectivity index (χ0) is 16.8. The number of rotatable bonds is 6. The van der Waals surface area contributed by atoms with Crippen molar-refractivity contribution in [3.63, 3.8) is 0 Å². The van der Waals surface area contributed by atoms with Gasteiger partial charge in [0.05, 0.1) is 11.7 Å². The summed E-state index contributed by atoms with van der Waals surface area (Å²) < 4.78 is 0. The first kappa shape index (κ1) is 16.5. The fourth-order valence-electron chi connectivity index (χ4n) is 3.01. The maximum atomic E-state index is 12.5. The van der Waals surface area contributed by atoms with E-state index in [1.807, 2.05) is 36.4 Å². The summed E-state index contributed by atoms with van der Waals surface area (Å²) in [6.07, 6.45) is 3.92. The van der Waals surface area contributed by atoms with Gasteiger partial charge in [0.15, 0.2) is 0 Å². The van der Waals surface area contributed by atoms with E-state index in [9.17, 15) is 9.90 Å². The number of carbonyl (C=O) groups excluding carboxylic acids is 1. The number of nitrogens with zero attached hydrogens (tertiary/aromatic N) is 2. The molecule has 1 aromatic heterocycles. The van der Waals surface area contributed by atoms with Gasteiger partial charge in [-0.25, -0.2) is 4.98 Å². The first-order valence-corrected chi connectivity index (χ1v) is 8.47. The zero-order valence-corrected chi connectivity index (χ0v) is 13.7. The van der Waals surface area contributed by atoms with Gasteiger partial charge in [-0.15, -0.1) is 0 Å². The van der Waals surface area contributed by atoms with Crippen LogP contribution >= 0.6 is 0 Å². The maximum Gasteiger partial charge on any atom is 0.255 e. The highest BCUT2D eigenvalue weighted by Crippen LogP contribution is 2.22. The van der Waals surface area contributed by atoms with Crippen LogP contribution in [0.4, 0.5) is 5.82 Å². The predicted molar refractivity (Wildman–Crippen MR) is 94.0 cm³/mol. The van der Waals surface area contributed by atoms with Gasteiger partial charge in [0.25, 0.3) is 5.91 Å². The van der Waals surface area contributed by atoms with E-state index in [1.54, 1.807) is 12.3 Å². The molecule has 1 aliphatic rings. The molecule has 2 N–H and O–H groups in total. The van der Waals surface area contributed by atoms with E-state index in [-0.39, 0.29) is 5.91 Å². The van der Waals surface area contributed by atoms with Gasteiger partial charge in [-0.1, -0.05) is 30.3 Å². The molecule has 1 atom stereocenters. The van der Waals surface area contributed by atoms with Crippen molar-refractivity contribution >= 4 is 11.7 Å². The van der Waals surface area contributed by atoms with Crippen LogP contribution in [0.3, 0.4) is 0 Å². The molecule has 0 spiro atoms. The van der Waals surface area contributed by atoms with Gasteiger partial charge in [0.1, 0.15) is 5.82 Å². The van der Waals surface area contributed by atoms with Crippen LogP contribution in [0.1, 0.15) is 41.3 Å². The molecule has 1 unspecified atom stereocenters. The number of nitrogens with one attached hydrogen (secondary N) is 1. The van der Waals surface area contributed by atoms with Gasteiger partial charge in [0.2, 0.25) is 0 Å². The highest BCUT2D eigenvalue weighted by atomic mass is 16.3. The maximum absolute atomic E-state index is 12.5. The molecule has 1 saturated heterocycles. The van der Waals surface area contributed by atoms with Crippen molar-refractivity contribution in [2.75, 3.05) is 24.5 Å². The van der Waals surface area contributed by atoms with Crippen LogP contribution in [0.5, 0.6) is 0 Å². The number of anilines is 1. The molecule has 1 aliphatic heterocycles. The summed E-state index contributed by atoms with van der Waals surface area (Å²) in [5.74, 6) is 0.626. The monoisotopic (exact) mass is 325 g/mol. The van der Waals surface area contributed by atoms with Crippen LogP contribution < -0.4 is 10.2 Å². The summed E-state index contributed by atoms with van der Waals surface area (Å²) in [7, 11) is 0. The molecule has 126 valence electrons. The minimum absolute atomic E-state index is 0.134. The van der Waals surface area contributed by atoms with Gasteiger partial charge >= 0.3 is 0 Å². The number of aromatic nitrogens is 1. The van der Waals surface area contributed by atoms with Crippen molar-refractivity contribution in [3.05, 3.63) is 59.8 Å². The van der Waals surface area contributed by atoms with Crippen LogP contribution in [0.2, 0.25) is 0 Å². The third kappa shape index (κ3) is 3.92. The minimum atomic E-state index is -0.571. The second kappa shape index (κ2) is 7.93. The number of benzene rings is 1. The Labute approximate surface area is 142 Å². The molecule has 0 saturated carbocycles. The Balaban J connectivity index is 1.57. The predicted octanol–water partition coefficient (Wildman–Crippen LogP) is 2.54. The number of hydrogen-bond donors (Lipinski definition) is 2. The molecule has 0 radical (unpaired) electrons. The van der Waals surface area contributed by atoms with Crippen LogP contribution in [0, 0.1) is 0 Å². The smallest absolute Gasteiger partial charge is 0.255 e. The summed E-state index contributed by atoms with van der Waals surface area (Å²) in [4.78, 5) is 19.0. The summed E-state index contributed by atoms with van der Waals surface area (Å²) in [6, 6.07) is 13.1. The fourth-order valence-corrected chi connectivity index (χ4v) is 3.01. The topological polar surface area (TPSA) is 65.5 Å². The molecule has 1 aromatic carbocycles. The Kier molecular flexibility index (Phi) is 5.43. The number of hydrogen-bond acceptors (Lipinski definition) is 4. The minimum Gasteiger partial charge on any atom is -0.388 e. The van der Waals surface area contributed by atoms with Crippen molar-refractivity contribution < 1.29 is 9.90 Å². The molecule has 1 fully saturated rings. The summed E-state index contributed by atoms with van der Waals surface area (Å²) in [6.45, 7) is 2.32. The van der Waals surface area contributed by atoms with Crippen LogP contribution in [0.15, 0.2) is 48.7 Å². The van der Waals surface area contributed by atoms with E-state index >= 15 is 0 Å². The Morgan fingerprint density at radius 3 is 2.67 bits per heavy atom. The molecule has 5 nitrogen and oxygen atoms in total. The Morgan fingerprint density at radius 1 is 1.17 bits per heavy atom. The zero-order valence-electron chi connectivity index (χ0n) is 13.7. The van der Waals surface area contributed by atoms with Gasteiger partial charge in [-0.2, -0.15) is 0 Å². The van der Waals surface area contributed by atoms with Crippen molar-refractivity contribution in [1.29, 1.82) is 0 Å². The molecule has 2 heterocycles. The molecule has 3 rings (SSSR count). The third-order valence-electron chi connectivity index (χ3n) is 4.32. The molecule has 1 amide bonds. The summed E-state index contributed by atoms with van der Waals surface area (Å²) in [5, 5.41) is 13.1. The molecular formula is C19H23N3O2. The van der Waals surface area contributed by atoms with Gasteiger partial charge in [-0.3, -0.25) is 4.79 Å². The Hall–Kier alpha value is -2.40. The van der Waals surface area contributed by atoms with E-state index < -0.39 is 6.10 Å². The lowest BCUT2D eigenvalue weighted by molar-refractivity contribution is 0.0943. The largest absolute Gasteiger partial charge is 0.388 e. The summed E-state index contributed by atoms with van der Waals surface area (Å²) in [5.41, 5.74) is 1.47. The molecule has 24 heavy (non-hydrogen) atoms. The first-order valence-electron chi connectivity index (χ1n) is 8.47. The lowest BCUT2D eigenvalue weighted by Crippen LogP contribution is -2.29. The lowest BCUT2D eigenvalue weighted by atomic mass is 10.1. The third-order valence-corrected chi connectivity index (χ3v) is 4.32. The Bertz CT molecular complexity index is 669. The second-order valence-corrected chi connectivity index (χ2v) is 6.04.